The van der Waals surface area contributed by atoms with E-state index in [1.165, 1.54) is 12.0 Å². The highest BCUT2D eigenvalue weighted by atomic mass is 16.3. The summed E-state index contributed by atoms with van der Waals surface area (Å²) < 4.78 is 0. The van der Waals surface area contributed by atoms with Gasteiger partial charge in [0.2, 0.25) is 0 Å². The van der Waals surface area contributed by atoms with Gasteiger partial charge in [-0.25, -0.2) is 0 Å². The summed E-state index contributed by atoms with van der Waals surface area (Å²) in [5.41, 5.74) is 1.98. The Kier molecular flexibility index (Phi) is 4.47. The van der Waals surface area contributed by atoms with Crippen LogP contribution in [0.1, 0.15) is 53.5 Å². The summed E-state index contributed by atoms with van der Waals surface area (Å²) in [6.07, 6.45) is 2.30. The van der Waals surface area contributed by atoms with Crippen LogP contribution in [0.15, 0.2) is 24.3 Å². The molecule has 0 aliphatic rings. The van der Waals surface area contributed by atoms with Crippen molar-refractivity contribution in [3.63, 3.8) is 0 Å². The summed E-state index contributed by atoms with van der Waals surface area (Å²) in [6, 6.07) is 7.64. The first-order valence-corrected chi connectivity index (χ1v) is 6.86. The Morgan fingerprint density at radius 3 is 1.83 bits per heavy atom. The van der Waals surface area contributed by atoms with Gasteiger partial charge < -0.3 is 5.11 Å². The van der Waals surface area contributed by atoms with Crippen molar-refractivity contribution < 1.29 is 5.11 Å². The maximum Gasteiger partial charge on any atom is 0.115 e. The summed E-state index contributed by atoms with van der Waals surface area (Å²) in [7, 11) is 0. The van der Waals surface area contributed by atoms with Gasteiger partial charge in [-0.1, -0.05) is 53.7 Å². The second-order valence-electron chi connectivity index (χ2n) is 7.70. The molecule has 1 nitrogen and oxygen atoms in total. The highest BCUT2D eigenvalue weighted by molar-refractivity contribution is 5.26. The zero-order chi connectivity index (χ0) is 14.0. The zero-order valence-electron chi connectivity index (χ0n) is 12.7. The molecule has 0 amide bonds. The minimum absolute atomic E-state index is 0.311. The number of benzene rings is 1. The third-order valence-electron chi connectivity index (χ3n) is 3.50. The van der Waals surface area contributed by atoms with Crippen LogP contribution in [0.3, 0.4) is 0 Å². The summed E-state index contributed by atoms with van der Waals surface area (Å²) in [4.78, 5) is 0. The first-order chi connectivity index (χ1) is 8.08. The molecule has 0 aliphatic carbocycles. The van der Waals surface area contributed by atoms with Crippen LogP contribution in [0.4, 0.5) is 0 Å². The molecular weight excluding hydrogens is 220 g/mol. The largest absolute Gasteiger partial charge is 0.508 e. The van der Waals surface area contributed by atoms with Crippen molar-refractivity contribution in [2.24, 2.45) is 16.7 Å². The predicted octanol–water partition coefficient (Wildman–Crippen LogP) is 5.03. The number of rotatable bonds is 3. The van der Waals surface area contributed by atoms with Gasteiger partial charge in [0.25, 0.3) is 0 Å². The number of phenolic OH excluding ortho intramolecular Hbond substituents is 1. The fraction of sp³-hybridized carbons (Fsp3) is 0.647. The average Bonchev–Trinajstić information content (AvgIpc) is 2.17. The molecule has 0 radical (unpaired) electrons. The lowest BCUT2D eigenvalue weighted by Crippen LogP contribution is -2.27. The van der Waals surface area contributed by atoms with E-state index < -0.39 is 0 Å². The van der Waals surface area contributed by atoms with Crippen LogP contribution in [0.5, 0.6) is 5.75 Å². The maximum absolute atomic E-state index is 9.34. The molecule has 0 spiro atoms. The normalized spacial score (nSPS) is 14.6. The first kappa shape index (κ1) is 15.1. The van der Waals surface area contributed by atoms with Gasteiger partial charge in [0.05, 0.1) is 0 Å². The van der Waals surface area contributed by atoms with Crippen molar-refractivity contribution in [1.82, 2.24) is 0 Å². The third kappa shape index (κ3) is 5.12. The van der Waals surface area contributed by atoms with Gasteiger partial charge >= 0.3 is 0 Å². The van der Waals surface area contributed by atoms with Crippen molar-refractivity contribution in [2.45, 2.75) is 54.4 Å². The Labute approximate surface area is 112 Å². The minimum atomic E-state index is 0.311. The lowest BCUT2D eigenvalue weighted by molar-refractivity contribution is 0.164. The molecule has 0 fully saturated rings. The lowest BCUT2D eigenvalue weighted by atomic mass is 9.70. The van der Waals surface area contributed by atoms with Crippen LogP contribution in [-0.4, -0.2) is 5.11 Å². The van der Waals surface area contributed by atoms with Crippen LogP contribution >= 0.6 is 0 Å². The monoisotopic (exact) mass is 248 g/mol. The molecule has 0 aromatic heterocycles. The van der Waals surface area contributed by atoms with E-state index in [4.69, 9.17) is 0 Å². The van der Waals surface area contributed by atoms with Crippen LogP contribution in [0.2, 0.25) is 0 Å². The summed E-state index contributed by atoms with van der Waals surface area (Å²) >= 11 is 0. The van der Waals surface area contributed by atoms with E-state index in [0.29, 0.717) is 22.5 Å². The van der Waals surface area contributed by atoms with E-state index in [1.807, 2.05) is 12.1 Å². The van der Waals surface area contributed by atoms with Crippen LogP contribution < -0.4 is 0 Å². The topological polar surface area (TPSA) is 20.2 Å². The van der Waals surface area contributed by atoms with Crippen molar-refractivity contribution in [3.8, 4) is 5.75 Å². The van der Waals surface area contributed by atoms with Crippen molar-refractivity contribution in [3.05, 3.63) is 29.8 Å². The molecule has 18 heavy (non-hydrogen) atoms. The standard InChI is InChI=1S/C17H28O/c1-16(2,3)12-14(17(4,5)6)11-13-7-9-15(18)10-8-13/h7-10,14,18H,11-12H2,1-6H3. The van der Waals surface area contributed by atoms with E-state index in [0.717, 1.165) is 6.42 Å². The first-order valence-electron chi connectivity index (χ1n) is 6.86. The van der Waals surface area contributed by atoms with Gasteiger partial charge in [-0.2, -0.15) is 0 Å². The molecule has 1 atom stereocenters. The highest BCUT2D eigenvalue weighted by Crippen LogP contribution is 2.38. The fourth-order valence-electron chi connectivity index (χ4n) is 2.34. The van der Waals surface area contributed by atoms with E-state index in [-0.39, 0.29) is 0 Å². The number of phenols is 1. The number of hydrogen-bond donors (Lipinski definition) is 1. The van der Waals surface area contributed by atoms with Crippen LogP contribution in [-0.2, 0) is 6.42 Å². The number of aromatic hydroxyl groups is 1. The molecule has 0 saturated heterocycles. The Bertz CT molecular complexity index is 362. The van der Waals surface area contributed by atoms with Crippen molar-refractivity contribution in [1.29, 1.82) is 0 Å². The Morgan fingerprint density at radius 1 is 0.944 bits per heavy atom. The van der Waals surface area contributed by atoms with Gasteiger partial charge in [-0.05, 0) is 47.3 Å². The molecular formula is C17H28O. The molecule has 0 aliphatic heterocycles. The predicted molar refractivity (Wildman–Crippen MR) is 78.8 cm³/mol. The zero-order valence-corrected chi connectivity index (χ0v) is 12.7. The molecule has 102 valence electrons. The SMILES string of the molecule is CC(C)(C)CC(Cc1ccc(O)cc1)C(C)(C)C. The van der Waals surface area contributed by atoms with Crippen LogP contribution in [0.25, 0.3) is 0 Å². The van der Waals surface area contributed by atoms with Gasteiger partial charge in [0.15, 0.2) is 0 Å². The number of hydrogen-bond acceptors (Lipinski definition) is 1. The average molecular weight is 248 g/mol. The Balaban J connectivity index is 2.82. The van der Waals surface area contributed by atoms with Gasteiger partial charge in [0.1, 0.15) is 5.75 Å². The Hall–Kier alpha value is -0.980. The highest BCUT2D eigenvalue weighted by Gasteiger charge is 2.28. The van der Waals surface area contributed by atoms with E-state index >= 15 is 0 Å². The molecule has 1 aromatic carbocycles. The summed E-state index contributed by atoms with van der Waals surface area (Å²) in [6.45, 7) is 13.9. The van der Waals surface area contributed by atoms with E-state index in [1.54, 1.807) is 12.1 Å². The lowest BCUT2D eigenvalue weighted by Gasteiger charge is -2.36. The van der Waals surface area contributed by atoms with Gasteiger partial charge in [0, 0.05) is 0 Å². The molecule has 0 heterocycles. The van der Waals surface area contributed by atoms with E-state index in [2.05, 4.69) is 41.5 Å². The third-order valence-corrected chi connectivity index (χ3v) is 3.50. The van der Waals surface area contributed by atoms with E-state index in [9.17, 15) is 5.11 Å². The molecule has 1 aromatic rings. The Morgan fingerprint density at radius 2 is 1.44 bits per heavy atom. The molecule has 0 bridgehead atoms. The molecule has 1 unspecified atom stereocenters. The van der Waals surface area contributed by atoms with Crippen molar-refractivity contribution in [2.75, 3.05) is 0 Å². The molecule has 1 heteroatoms. The minimum Gasteiger partial charge on any atom is -0.508 e. The smallest absolute Gasteiger partial charge is 0.115 e. The summed E-state index contributed by atoms with van der Waals surface area (Å²) in [5, 5.41) is 9.34. The second-order valence-corrected chi connectivity index (χ2v) is 7.70. The molecule has 0 saturated carbocycles. The van der Waals surface area contributed by atoms with Crippen LogP contribution in [0, 0.1) is 16.7 Å². The fourth-order valence-corrected chi connectivity index (χ4v) is 2.34. The quantitative estimate of drug-likeness (QED) is 0.795. The summed E-state index contributed by atoms with van der Waals surface area (Å²) in [5.74, 6) is 1.00. The molecule has 1 N–H and O–H groups in total. The van der Waals surface area contributed by atoms with Gasteiger partial charge in [-0.15, -0.1) is 0 Å². The van der Waals surface area contributed by atoms with Crippen molar-refractivity contribution >= 4 is 0 Å². The molecule has 1 rings (SSSR count). The van der Waals surface area contributed by atoms with Gasteiger partial charge in [-0.3, -0.25) is 0 Å². The second kappa shape index (κ2) is 5.34. The maximum atomic E-state index is 9.34.